The van der Waals surface area contributed by atoms with Gasteiger partial charge in [0.15, 0.2) is 5.96 Å². The molecule has 0 bridgehead atoms. The molecule has 0 fully saturated rings. The van der Waals surface area contributed by atoms with Crippen LogP contribution >= 0.6 is 0 Å². The van der Waals surface area contributed by atoms with Crippen LogP contribution in [0.5, 0.6) is 0 Å². The summed E-state index contributed by atoms with van der Waals surface area (Å²) in [5.74, 6) is -0.346. The van der Waals surface area contributed by atoms with Gasteiger partial charge in [0.1, 0.15) is 11.6 Å². The van der Waals surface area contributed by atoms with Gasteiger partial charge in [0.05, 0.1) is 0 Å². The molecule has 0 aliphatic rings. The minimum atomic E-state index is -0.455. The van der Waals surface area contributed by atoms with Gasteiger partial charge in [0.25, 0.3) is 0 Å². The van der Waals surface area contributed by atoms with Crippen molar-refractivity contribution in [3.8, 4) is 0 Å². The molecule has 6 heteroatoms. The normalized spacial score (nSPS) is 11.5. The van der Waals surface area contributed by atoms with Gasteiger partial charge >= 0.3 is 0 Å². The maximum absolute atomic E-state index is 13.5. The Bertz CT molecular complexity index is 594. The Labute approximate surface area is 122 Å². The van der Waals surface area contributed by atoms with E-state index in [4.69, 9.17) is 0 Å². The highest BCUT2D eigenvalue weighted by Gasteiger charge is 2.05. The van der Waals surface area contributed by atoms with Crippen LogP contribution in [0.2, 0.25) is 0 Å². The molecule has 0 saturated heterocycles. The summed E-state index contributed by atoms with van der Waals surface area (Å²) in [7, 11) is 1.63. The van der Waals surface area contributed by atoms with Crippen molar-refractivity contribution >= 4 is 5.96 Å². The Morgan fingerprint density at radius 3 is 2.67 bits per heavy atom. The van der Waals surface area contributed by atoms with Gasteiger partial charge in [0, 0.05) is 44.6 Å². The predicted molar refractivity (Wildman–Crippen MR) is 79.0 cm³/mol. The van der Waals surface area contributed by atoms with Crippen LogP contribution in [0, 0.1) is 11.6 Å². The van der Waals surface area contributed by atoms with E-state index in [-0.39, 0.29) is 12.1 Å². The molecule has 0 spiro atoms. The van der Waals surface area contributed by atoms with Crippen LogP contribution in [0.25, 0.3) is 0 Å². The van der Waals surface area contributed by atoms with Gasteiger partial charge in [-0.3, -0.25) is 4.99 Å². The van der Waals surface area contributed by atoms with Gasteiger partial charge in [-0.15, -0.1) is 0 Å². The monoisotopic (exact) mass is 292 g/mol. The molecule has 2 rings (SSSR count). The molecule has 0 aliphatic carbocycles. The van der Waals surface area contributed by atoms with Crippen LogP contribution in [0.15, 0.2) is 47.7 Å². The van der Waals surface area contributed by atoms with Crippen LogP contribution in [0.1, 0.15) is 5.56 Å². The van der Waals surface area contributed by atoms with Crippen LogP contribution in [-0.2, 0) is 13.1 Å². The van der Waals surface area contributed by atoms with Crippen molar-refractivity contribution < 1.29 is 8.78 Å². The van der Waals surface area contributed by atoms with Crippen molar-refractivity contribution in [3.05, 3.63) is 59.9 Å². The van der Waals surface area contributed by atoms with E-state index in [1.807, 2.05) is 29.1 Å². The topological polar surface area (TPSA) is 41.4 Å². The van der Waals surface area contributed by atoms with Gasteiger partial charge in [-0.2, -0.15) is 0 Å². The van der Waals surface area contributed by atoms with Crippen molar-refractivity contribution in [2.75, 3.05) is 13.6 Å². The van der Waals surface area contributed by atoms with Crippen LogP contribution in [-0.4, -0.2) is 24.1 Å². The molecule has 4 nitrogen and oxygen atoms in total. The van der Waals surface area contributed by atoms with E-state index >= 15 is 0 Å². The molecule has 2 N–H and O–H groups in total. The fourth-order valence-electron chi connectivity index (χ4n) is 1.90. The lowest BCUT2D eigenvalue weighted by atomic mass is 10.2. The quantitative estimate of drug-likeness (QED) is 0.655. The first kappa shape index (κ1) is 15.0. The first-order valence-electron chi connectivity index (χ1n) is 6.68. The number of hydrogen-bond donors (Lipinski definition) is 2. The number of benzene rings is 1. The van der Waals surface area contributed by atoms with Crippen molar-refractivity contribution in [1.82, 2.24) is 15.2 Å². The zero-order valence-corrected chi connectivity index (χ0v) is 11.8. The van der Waals surface area contributed by atoms with Crippen molar-refractivity contribution in [2.45, 2.75) is 13.1 Å². The molecule has 0 atom stereocenters. The highest BCUT2D eigenvalue weighted by Crippen LogP contribution is 2.08. The minimum Gasteiger partial charge on any atom is -0.355 e. The highest BCUT2D eigenvalue weighted by atomic mass is 19.1. The number of nitrogens with one attached hydrogen (secondary N) is 2. The maximum Gasteiger partial charge on any atom is 0.191 e. The lowest BCUT2D eigenvalue weighted by molar-refractivity contribution is 0.580. The summed E-state index contributed by atoms with van der Waals surface area (Å²) in [6.07, 6.45) is 3.94. The summed E-state index contributed by atoms with van der Waals surface area (Å²) in [4.78, 5) is 4.04. The van der Waals surface area contributed by atoms with Crippen LogP contribution in [0.3, 0.4) is 0 Å². The summed E-state index contributed by atoms with van der Waals surface area (Å²) in [5, 5.41) is 6.07. The second-order valence-electron chi connectivity index (χ2n) is 4.51. The Morgan fingerprint density at radius 2 is 1.95 bits per heavy atom. The third-order valence-corrected chi connectivity index (χ3v) is 3.01. The molecule has 2 aromatic rings. The van der Waals surface area contributed by atoms with Gasteiger partial charge in [-0.05, 0) is 30.3 Å². The second kappa shape index (κ2) is 7.42. The standard InChI is InChI=1S/C15H18F2N4/c1-18-15(19-6-9-21-7-2-3-8-21)20-11-12-10-13(16)4-5-14(12)17/h2-5,7-8,10H,6,9,11H2,1H3,(H2,18,19,20). The number of aromatic nitrogens is 1. The number of nitrogens with zero attached hydrogens (tertiary/aromatic N) is 2. The third-order valence-electron chi connectivity index (χ3n) is 3.01. The van der Waals surface area contributed by atoms with Crippen LogP contribution < -0.4 is 10.6 Å². The van der Waals surface area contributed by atoms with E-state index in [1.54, 1.807) is 7.05 Å². The molecule has 0 unspecified atom stereocenters. The molecule has 0 radical (unpaired) electrons. The summed E-state index contributed by atoms with van der Waals surface area (Å²) >= 11 is 0. The summed E-state index contributed by atoms with van der Waals surface area (Å²) in [6.45, 7) is 1.65. The Kier molecular flexibility index (Phi) is 5.31. The molecule has 21 heavy (non-hydrogen) atoms. The van der Waals surface area contributed by atoms with Gasteiger partial charge in [-0.1, -0.05) is 0 Å². The number of aliphatic imine (C=N–C) groups is 1. The van der Waals surface area contributed by atoms with Crippen molar-refractivity contribution in [2.24, 2.45) is 4.99 Å². The lowest BCUT2D eigenvalue weighted by Crippen LogP contribution is -2.38. The highest BCUT2D eigenvalue weighted by molar-refractivity contribution is 5.79. The average molecular weight is 292 g/mol. The first-order valence-corrected chi connectivity index (χ1v) is 6.68. The number of guanidine groups is 1. The Morgan fingerprint density at radius 1 is 1.19 bits per heavy atom. The van der Waals surface area contributed by atoms with Crippen LogP contribution in [0.4, 0.5) is 8.78 Å². The molecule has 1 aromatic heterocycles. The molecule has 112 valence electrons. The molecular weight excluding hydrogens is 274 g/mol. The van der Waals surface area contributed by atoms with E-state index in [0.717, 1.165) is 18.7 Å². The lowest BCUT2D eigenvalue weighted by Gasteiger charge is -2.12. The Hall–Kier alpha value is -2.37. The maximum atomic E-state index is 13.5. The van der Waals surface area contributed by atoms with Crippen molar-refractivity contribution in [1.29, 1.82) is 0 Å². The van der Waals surface area contributed by atoms with Crippen molar-refractivity contribution in [3.63, 3.8) is 0 Å². The average Bonchev–Trinajstić information content (AvgIpc) is 2.99. The number of hydrogen-bond acceptors (Lipinski definition) is 1. The van der Waals surface area contributed by atoms with E-state index in [2.05, 4.69) is 15.6 Å². The molecule has 0 amide bonds. The van der Waals surface area contributed by atoms with E-state index in [0.29, 0.717) is 12.5 Å². The Balaban J connectivity index is 1.81. The zero-order valence-electron chi connectivity index (χ0n) is 11.8. The molecule has 1 heterocycles. The SMILES string of the molecule is CN=C(NCCn1cccc1)NCc1cc(F)ccc1F. The zero-order chi connectivity index (χ0) is 15.1. The fourth-order valence-corrected chi connectivity index (χ4v) is 1.90. The fraction of sp³-hybridized carbons (Fsp3) is 0.267. The van der Waals surface area contributed by atoms with E-state index in [1.165, 1.54) is 6.07 Å². The number of rotatable bonds is 5. The van der Waals surface area contributed by atoms with Gasteiger partial charge < -0.3 is 15.2 Å². The van der Waals surface area contributed by atoms with Gasteiger partial charge in [-0.25, -0.2) is 8.78 Å². The largest absolute Gasteiger partial charge is 0.355 e. The molecular formula is C15H18F2N4. The molecule has 0 aliphatic heterocycles. The summed E-state index contributed by atoms with van der Waals surface area (Å²) < 4.78 is 28.6. The smallest absolute Gasteiger partial charge is 0.191 e. The van der Waals surface area contributed by atoms with Gasteiger partial charge in [0.2, 0.25) is 0 Å². The molecule has 1 aromatic carbocycles. The summed E-state index contributed by atoms with van der Waals surface area (Å²) in [5.41, 5.74) is 0.267. The number of halogens is 2. The van der Waals surface area contributed by atoms with E-state index < -0.39 is 11.6 Å². The minimum absolute atomic E-state index is 0.173. The summed E-state index contributed by atoms with van der Waals surface area (Å²) in [6, 6.07) is 7.31. The van der Waals surface area contributed by atoms with E-state index in [9.17, 15) is 8.78 Å². The second-order valence-corrected chi connectivity index (χ2v) is 4.51. The third kappa shape index (κ3) is 4.59. The predicted octanol–water partition coefficient (Wildman–Crippen LogP) is 2.13. The first-order chi connectivity index (χ1) is 10.2. The molecule has 0 saturated carbocycles.